The number of carbonyl (C=O) groups excluding carboxylic acids is 2. The molecule has 0 saturated carbocycles. The predicted molar refractivity (Wildman–Crippen MR) is 126 cm³/mol. The van der Waals surface area contributed by atoms with Gasteiger partial charge in [0.25, 0.3) is 0 Å². The number of halogens is 3. The zero-order valence-corrected chi connectivity index (χ0v) is 20.7. The van der Waals surface area contributed by atoms with Crippen molar-refractivity contribution in [2.75, 3.05) is 12.3 Å². The van der Waals surface area contributed by atoms with Crippen molar-refractivity contribution in [1.29, 1.82) is 0 Å². The molecule has 0 unspecified atom stereocenters. The van der Waals surface area contributed by atoms with Crippen molar-refractivity contribution < 1.29 is 41.6 Å². The normalized spacial score (nSPS) is 12.5. The Morgan fingerprint density at radius 2 is 1.97 bits per heavy atom. The number of nitrogens with zero attached hydrogens (tertiary/aromatic N) is 3. The lowest BCUT2D eigenvalue weighted by Crippen LogP contribution is -2.22. The molecule has 0 aliphatic rings. The smallest absolute Gasteiger partial charge is 0.383 e. The number of hydrogen-bond donors (Lipinski definition) is 3. The van der Waals surface area contributed by atoms with Gasteiger partial charge in [-0.25, -0.2) is 27.7 Å². The van der Waals surface area contributed by atoms with Crippen LogP contribution < -0.4 is 5.73 Å². The molecule has 4 N–H and O–H groups in total. The first-order valence-corrected chi connectivity index (χ1v) is 12.4. The third-order valence-corrected chi connectivity index (χ3v) is 6.20. The third kappa shape index (κ3) is 8.57. The van der Waals surface area contributed by atoms with Gasteiger partial charge in [0.15, 0.2) is 17.5 Å². The summed E-state index contributed by atoms with van der Waals surface area (Å²) in [5.74, 6) is -4.00. The number of benzene rings is 1. The Bertz CT molecular complexity index is 1250. The summed E-state index contributed by atoms with van der Waals surface area (Å²) in [7, 11) is -4.80. The molecule has 1 amide bonds. The Kier molecular flexibility index (Phi) is 10.4. The van der Waals surface area contributed by atoms with Crippen molar-refractivity contribution >= 4 is 43.0 Å². The highest BCUT2D eigenvalue weighted by Gasteiger charge is 2.19. The summed E-state index contributed by atoms with van der Waals surface area (Å²) in [6.07, 6.45) is 3.53. The van der Waals surface area contributed by atoms with E-state index in [0.29, 0.717) is 35.6 Å². The quantitative estimate of drug-likeness (QED) is 0.165. The molecular weight excluding hydrogens is 524 g/mol. The Balaban J connectivity index is 2.31. The van der Waals surface area contributed by atoms with E-state index < -0.39 is 37.0 Å². The Morgan fingerprint density at radius 3 is 2.58 bits per heavy atom. The minimum atomic E-state index is -4.80. The van der Waals surface area contributed by atoms with Crippen molar-refractivity contribution in [2.45, 2.75) is 26.8 Å². The zero-order chi connectivity index (χ0) is 27.0. The van der Waals surface area contributed by atoms with Gasteiger partial charge in [0.05, 0.1) is 13.2 Å². The van der Waals surface area contributed by atoms with E-state index >= 15 is 0 Å². The molecule has 0 fully saturated rings. The van der Waals surface area contributed by atoms with E-state index in [1.807, 2.05) is 0 Å². The molecular formula is C21H22F3N4O6PS. The Morgan fingerprint density at radius 1 is 1.28 bits per heavy atom. The predicted octanol–water partition coefficient (Wildman–Crippen LogP) is 3.45. The lowest BCUT2D eigenvalue weighted by molar-refractivity contribution is -0.117. The summed E-state index contributed by atoms with van der Waals surface area (Å²) in [5.41, 5.74) is 6.13. The molecule has 1 aromatic heterocycles. The molecule has 0 radical (unpaired) electrons. The fraction of sp³-hybridized carbons (Fsp3) is 0.238. The van der Waals surface area contributed by atoms with Crippen LogP contribution in [-0.2, 0) is 25.2 Å². The standard InChI is InChI=1S/C21H22F3N4O6PS/c1-12(28(11-29)10-15-9-26-13(2)27-21(15)25)17(7-8-34-35(31,32)33)36-18(30)6-4-14-3-5-16(22)20(24)19(14)23/h3-6,9,11H,7-8,10H2,1-2H3,(H2,25,26,27)(H2,31,32,33)/b6-4+,17-12-. The highest BCUT2D eigenvalue weighted by molar-refractivity contribution is 8.17. The number of aryl methyl sites for hydroxylation is 1. The number of hydrogen-bond acceptors (Lipinski definition) is 8. The first-order valence-electron chi connectivity index (χ1n) is 10.1. The summed E-state index contributed by atoms with van der Waals surface area (Å²) in [4.78, 5) is 51.6. The van der Waals surface area contributed by atoms with Crippen LogP contribution in [0.5, 0.6) is 0 Å². The van der Waals surface area contributed by atoms with Crippen molar-refractivity contribution in [3.05, 3.63) is 69.4 Å². The van der Waals surface area contributed by atoms with Crippen molar-refractivity contribution in [3.8, 4) is 0 Å². The number of amides is 1. The fourth-order valence-electron chi connectivity index (χ4n) is 2.76. The van der Waals surface area contributed by atoms with Crippen LogP contribution in [0.3, 0.4) is 0 Å². The van der Waals surface area contributed by atoms with E-state index in [9.17, 15) is 27.3 Å². The van der Waals surface area contributed by atoms with Crippen LogP contribution in [0.15, 0.2) is 35.0 Å². The minimum absolute atomic E-state index is 0.0745. The molecule has 194 valence electrons. The molecule has 0 saturated heterocycles. The van der Waals surface area contributed by atoms with Gasteiger partial charge >= 0.3 is 7.82 Å². The highest BCUT2D eigenvalue weighted by Crippen LogP contribution is 2.37. The van der Waals surface area contributed by atoms with Gasteiger partial charge in [-0.3, -0.25) is 14.1 Å². The van der Waals surface area contributed by atoms with Crippen LogP contribution in [0.1, 0.15) is 30.3 Å². The third-order valence-electron chi connectivity index (χ3n) is 4.60. The van der Waals surface area contributed by atoms with Gasteiger partial charge in [0.1, 0.15) is 11.6 Å². The minimum Gasteiger partial charge on any atom is -0.383 e. The first kappa shape index (κ1) is 29.2. The van der Waals surface area contributed by atoms with Crippen molar-refractivity contribution in [1.82, 2.24) is 14.9 Å². The van der Waals surface area contributed by atoms with Crippen LogP contribution in [-0.4, -0.2) is 42.8 Å². The monoisotopic (exact) mass is 546 g/mol. The van der Waals surface area contributed by atoms with Gasteiger partial charge in [-0.1, -0.05) is 0 Å². The van der Waals surface area contributed by atoms with Crippen LogP contribution in [0.25, 0.3) is 6.08 Å². The van der Waals surface area contributed by atoms with Crippen molar-refractivity contribution in [2.24, 2.45) is 0 Å². The van der Waals surface area contributed by atoms with E-state index in [0.717, 1.165) is 18.2 Å². The van der Waals surface area contributed by atoms with E-state index in [1.54, 1.807) is 6.92 Å². The number of aromatic nitrogens is 2. The van der Waals surface area contributed by atoms with E-state index in [1.165, 1.54) is 18.0 Å². The molecule has 10 nitrogen and oxygen atoms in total. The van der Waals surface area contributed by atoms with E-state index in [-0.39, 0.29) is 34.9 Å². The lowest BCUT2D eigenvalue weighted by atomic mass is 10.2. The molecule has 0 aliphatic heterocycles. The topological polar surface area (TPSA) is 156 Å². The summed E-state index contributed by atoms with van der Waals surface area (Å²) in [6, 6.07) is 1.65. The summed E-state index contributed by atoms with van der Waals surface area (Å²) >= 11 is 0.564. The summed E-state index contributed by atoms with van der Waals surface area (Å²) < 4.78 is 55.8. The maximum absolute atomic E-state index is 13.8. The summed E-state index contributed by atoms with van der Waals surface area (Å²) in [5, 5.41) is -0.700. The van der Waals surface area contributed by atoms with Crippen LogP contribution in [0.2, 0.25) is 0 Å². The molecule has 0 bridgehead atoms. The van der Waals surface area contributed by atoms with Crippen molar-refractivity contribution in [3.63, 3.8) is 0 Å². The second kappa shape index (κ2) is 12.8. The van der Waals surface area contributed by atoms with Gasteiger partial charge in [-0.15, -0.1) is 0 Å². The second-order valence-electron chi connectivity index (χ2n) is 7.16. The number of rotatable bonds is 11. The van der Waals surface area contributed by atoms with Gasteiger partial charge in [-0.2, -0.15) is 0 Å². The number of nitrogens with two attached hydrogens (primary N) is 1. The van der Waals surface area contributed by atoms with Crippen LogP contribution in [0, 0.1) is 24.4 Å². The molecule has 0 aliphatic carbocycles. The lowest BCUT2D eigenvalue weighted by Gasteiger charge is -2.22. The number of carbonyl (C=O) groups is 2. The largest absolute Gasteiger partial charge is 0.469 e. The number of thioether (sulfide) groups is 1. The number of anilines is 1. The fourth-order valence-corrected chi connectivity index (χ4v) is 3.92. The average molecular weight is 546 g/mol. The number of phosphoric acid groups is 1. The molecule has 2 rings (SSSR count). The molecule has 0 atom stereocenters. The van der Waals surface area contributed by atoms with E-state index in [4.69, 9.17) is 15.5 Å². The average Bonchev–Trinajstić information content (AvgIpc) is 2.80. The van der Waals surface area contributed by atoms with Gasteiger partial charge in [0.2, 0.25) is 11.5 Å². The molecule has 0 spiro atoms. The Hall–Kier alpha value is -3.03. The first-order chi connectivity index (χ1) is 16.8. The summed E-state index contributed by atoms with van der Waals surface area (Å²) in [6.45, 7) is 2.53. The van der Waals surface area contributed by atoms with Crippen LogP contribution >= 0.6 is 19.6 Å². The second-order valence-corrected chi connectivity index (χ2v) is 9.50. The molecule has 15 heteroatoms. The van der Waals surface area contributed by atoms with Gasteiger partial charge in [0, 0.05) is 34.3 Å². The molecule has 2 aromatic rings. The molecule has 1 aromatic carbocycles. The van der Waals surface area contributed by atoms with Gasteiger partial charge in [-0.05, 0) is 49.9 Å². The van der Waals surface area contributed by atoms with Crippen LogP contribution in [0.4, 0.5) is 19.0 Å². The zero-order valence-electron chi connectivity index (χ0n) is 19.0. The molecule has 1 heterocycles. The maximum atomic E-state index is 13.8. The maximum Gasteiger partial charge on any atom is 0.469 e. The Labute approximate surface area is 208 Å². The number of phosphoric ester groups is 1. The number of allylic oxidation sites excluding steroid dienone is 1. The van der Waals surface area contributed by atoms with E-state index in [2.05, 4.69) is 14.5 Å². The highest BCUT2D eigenvalue weighted by atomic mass is 32.2. The molecule has 36 heavy (non-hydrogen) atoms. The SMILES string of the molecule is C/C(=C(\CCOP(=O)(O)O)SC(=O)/C=C/c1ccc(F)c(F)c1F)N(C=O)Cc1cnc(C)nc1N. The van der Waals surface area contributed by atoms with Gasteiger partial charge < -0.3 is 20.4 Å². The number of nitrogen functional groups attached to an aromatic ring is 1.